The van der Waals surface area contributed by atoms with E-state index in [1.807, 2.05) is 24.3 Å². The van der Waals surface area contributed by atoms with Crippen molar-refractivity contribution >= 4 is 44.2 Å². The lowest BCUT2D eigenvalue weighted by Crippen LogP contribution is -2.25. The van der Waals surface area contributed by atoms with E-state index < -0.39 is 5.63 Å². The SMILES string of the molecule is O=C(Nc1c(N2CCCC2)c2ccccc2oc1=O)c1ccccc1Br. The number of halogens is 1. The smallest absolute Gasteiger partial charge is 0.362 e. The number of hydrogen-bond acceptors (Lipinski definition) is 4. The van der Waals surface area contributed by atoms with Gasteiger partial charge in [-0.3, -0.25) is 4.79 Å². The summed E-state index contributed by atoms with van der Waals surface area (Å²) in [6.07, 6.45) is 2.12. The predicted molar refractivity (Wildman–Crippen MR) is 106 cm³/mol. The molecular formula is C20H17BrN2O3. The summed E-state index contributed by atoms with van der Waals surface area (Å²) >= 11 is 3.38. The first kappa shape index (κ1) is 16.8. The van der Waals surface area contributed by atoms with Crippen molar-refractivity contribution in [1.29, 1.82) is 0 Å². The number of para-hydroxylation sites is 1. The second-order valence-corrected chi connectivity index (χ2v) is 7.09. The molecule has 1 aromatic heterocycles. The van der Waals surface area contributed by atoms with Gasteiger partial charge < -0.3 is 14.6 Å². The summed E-state index contributed by atoms with van der Waals surface area (Å²) in [6.45, 7) is 1.71. The van der Waals surface area contributed by atoms with E-state index in [0.29, 0.717) is 15.6 Å². The zero-order valence-corrected chi connectivity index (χ0v) is 15.6. The number of hydrogen-bond donors (Lipinski definition) is 1. The molecule has 2 aromatic carbocycles. The zero-order valence-electron chi connectivity index (χ0n) is 14.0. The van der Waals surface area contributed by atoms with Crippen molar-refractivity contribution in [2.24, 2.45) is 0 Å². The summed E-state index contributed by atoms with van der Waals surface area (Å²) in [6, 6.07) is 14.5. The van der Waals surface area contributed by atoms with Gasteiger partial charge in [0, 0.05) is 22.9 Å². The summed E-state index contributed by atoms with van der Waals surface area (Å²) in [5.74, 6) is -0.347. The van der Waals surface area contributed by atoms with Gasteiger partial charge in [0.05, 0.1) is 11.3 Å². The third-order valence-corrected chi connectivity index (χ3v) is 5.26. The molecule has 4 rings (SSSR count). The van der Waals surface area contributed by atoms with Gasteiger partial charge in [0.15, 0.2) is 5.69 Å². The number of carbonyl (C=O) groups is 1. The first-order chi connectivity index (χ1) is 12.6. The molecule has 1 aliphatic rings. The van der Waals surface area contributed by atoms with E-state index in [1.54, 1.807) is 24.3 Å². The fourth-order valence-electron chi connectivity index (χ4n) is 3.34. The molecule has 0 aliphatic carbocycles. The van der Waals surface area contributed by atoms with Crippen molar-refractivity contribution in [2.45, 2.75) is 12.8 Å². The maximum absolute atomic E-state index is 12.8. The maximum atomic E-state index is 12.8. The Morgan fingerprint density at radius 2 is 1.73 bits per heavy atom. The second-order valence-electron chi connectivity index (χ2n) is 6.24. The third kappa shape index (κ3) is 3.01. The van der Waals surface area contributed by atoms with E-state index in [1.165, 1.54) is 0 Å². The molecule has 1 amide bonds. The molecule has 1 aliphatic heterocycles. The van der Waals surface area contributed by atoms with E-state index in [4.69, 9.17) is 4.42 Å². The van der Waals surface area contributed by atoms with Gasteiger partial charge in [-0.05, 0) is 53.0 Å². The van der Waals surface area contributed by atoms with Crippen LogP contribution in [-0.2, 0) is 0 Å². The maximum Gasteiger partial charge on any atom is 0.362 e. The van der Waals surface area contributed by atoms with Crippen molar-refractivity contribution in [3.63, 3.8) is 0 Å². The molecular weight excluding hydrogens is 396 g/mol. The third-order valence-electron chi connectivity index (χ3n) is 4.57. The molecule has 0 radical (unpaired) electrons. The number of carbonyl (C=O) groups excluding carboxylic acids is 1. The Kier molecular flexibility index (Phi) is 4.51. The van der Waals surface area contributed by atoms with Crippen LogP contribution in [0.25, 0.3) is 11.0 Å². The van der Waals surface area contributed by atoms with E-state index >= 15 is 0 Å². The van der Waals surface area contributed by atoms with Crippen LogP contribution in [0.3, 0.4) is 0 Å². The largest absolute Gasteiger partial charge is 0.421 e. The Balaban J connectivity index is 1.85. The van der Waals surface area contributed by atoms with Crippen LogP contribution in [0.5, 0.6) is 0 Å². The van der Waals surface area contributed by atoms with Crippen LogP contribution in [-0.4, -0.2) is 19.0 Å². The van der Waals surface area contributed by atoms with Crippen molar-refractivity contribution in [3.8, 4) is 0 Å². The van der Waals surface area contributed by atoms with E-state index in [0.717, 1.165) is 37.0 Å². The Labute approximate surface area is 158 Å². The molecule has 3 aromatic rings. The van der Waals surface area contributed by atoms with Gasteiger partial charge in [-0.15, -0.1) is 0 Å². The normalized spacial score (nSPS) is 14.0. The minimum atomic E-state index is -0.536. The van der Waals surface area contributed by atoms with Gasteiger partial charge in [0.1, 0.15) is 5.58 Å². The van der Waals surface area contributed by atoms with Crippen LogP contribution in [0.2, 0.25) is 0 Å². The minimum Gasteiger partial charge on any atom is -0.421 e. The van der Waals surface area contributed by atoms with Gasteiger partial charge in [-0.25, -0.2) is 4.79 Å². The van der Waals surface area contributed by atoms with Crippen LogP contribution in [0.15, 0.2) is 62.2 Å². The first-order valence-corrected chi connectivity index (χ1v) is 9.31. The van der Waals surface area contributed by atoms with Gasteiger partial charge in [-0.1, -0.05) is 24.3 Å². The van der Waals surface area contributed by atoms with Crippen molar-refractivity contribution in [3.05, 3.63) is 69.0 Å². The lowest BCUT2D eigenvalue weighted by molar-refractivity contribution is 0.102. The molecule has 5 nitrogen and oxygen atoms in total. The summed E-state index contributed by atoms with van der Waals surface area (Å²) in [5.41, 5.74) is 1.40. The van der Waals surface area contributed by atoms with Gasteiger partial charge in [0.2, 0.25) is 0 Å². The Morgan fingerprint density at radius 3 is 2.50 bits per heavy atom. The average Bonchev–Trinajstić information content (AvgIpc) is 3.17. The highest BCUT2D eigenvalue weighted by Crippen LogP contribution is 2.34. The Morgan fingerprint density at radius 1 is 1.04 bits per heavy atom. The molecule has 0 atom stereocenters. The number of fused-ring (bicyclic) bond motifs is 1. The fourth-order valence-corrected chi connectivity index (χ4v) is 3.80. The standard InChI is InChI=1S/C20H17BrN2O3/c21-15-9-3-1-7-13(15)19(24)22-17-18(23-11-5-6-12-23)14-8-2-4-10-16(14)26-20(17)25/h1-4,7-10H,5-6,11-12H2,(H,22,24). The lowest BCUT2D eigenvalue weighted by atomic mass is 10.1. The summed E-state index contributed by atoms with van der Waals surface area (Å²) in [7, 11) is 0. The molecule has 2 heterocycles. The second kappa shape index (κ2) is 6.96. The van der Waals surface area contributed by atoms with Crippen LogP contribution in [0.4, 0.5) is 11.4 Å². The molecule has 0 bridgehead atoms. The number of nitrogens with one attached hydrogen (secondary N) is 1. The molecule has 1 saturated heterocycles. The minimum absolute atomic E-state index is 0.200. The molecule has 132 valence electrons. The van der Waals surface area contributed by atoms with Crippen LogP contribution in [0.1, 0.15) is 23.2 Å². The highest BCUT2D eigenvalue weighted by molar-refractivity contribution is 9.10. The van der Waals surface area contributed by atoms with E-state index in [-0.39, 0.29) is 11.6 Å². The molecule has 1 N–H and O–H groups in total. The molecule has 0 spiro atoms. The average molecular weight is 413 g/mol. The van der Waals surface area contributed by atoms with Gasteiger partial charge in [-0.2, -0.15) is 0 Å². The fraction of sp³-hybridized carbons (Fsp3) is 0.200. The number of nitrogens with zero attached hydrogens (tertiary/aromatic N) is 1. The van der Waals surface area contributed by atoms with Crippen molar-refractivity contribution in [2.75, 3.05) is 23.3 Å². The summed E-state index contributed by atoms with van der Waals surface area (Å²) in [5, 5.41) is 3.62. The highest BCUT2D eigenvalue weighted by Gasteiger charge is 2.24. The molecule has 1 fully saturated rings. The number of rotatable bonds is 3. The van der Waals surface area contributed by atoms with Crippen molar-refractivity contribution in [1.82, 2.24) is 0 Å². The zero-order chi connectivity index (χ0) is 18.1. The highest BCUT2D eigenvalue weighted by atomic mass is 79.9. The number of amides is 1. The van der Waals surface area contributed by atoms with Gasteiger partial charge >= 0.3 is 5.63 Å². The predicted octanol–water partition coefficient (Wildman–Crippen LogP) is 4.41. The van der Waals surface area contributed by atoms with E-state index in [9.17, 15) is 9.59 Å². The molecule has 26 heavy (non-hydrogen) atoms. The topological polar surface area (TPSA) is 62.6 Å². The van der Waals surface area contributed by atoms with E-state index in [2.05, 4.69) is 26.1 Å². The van der Waals surface area contributed by atoms with Crippen LogP contribution >= 0.6 is 15.9 Å². The van der Waals surface area contributed by atoms with Crippen LogP contribution < -0.4 is 15.8 Å². The Bertz CT molecular complexity index is 1040. The molecule has 6 heteroatoms. The number of anilines is 2. The molecule has 0 unspecified atom stereocenters. The molecule has 0 saturated carbocycles. The quantitative estimate of drug-likeness (QED) is 0.647. The summed E-state index contributed by atoms with van der Waals surface area (Å²) in [4.78, 5) is 27.5. The van der Waals surface area contributed by atoms with Crippen molar-refractivity contribution < 1.29 is 9.21 Å². The summed E-state index contributed by atoms with van der Waals surface area (Å²) < 4.78 is 6.12. The monoisotopic (exact) mass is 412 g/mol. The van der Waals surface area contributed by atoms with Gasteiger partial charge in [0.25, 0.3) is 5.91 Å². The number of benzene rings is 2. The first-order valence-electron chi connectivity index (χ1n) is 8.52. The lowest BCUT2D eigenvalue weighted by Gasteiger charge is -2.22. The Hall–Kier alpha value is -2.60. The van der Waals surface area contributed by atoms with Crippen LogP contribution in [0, 0.1) is 0 Å².